The lowest BCUT2D eigenvalue weighted by molar-refractivity contribution is -0.125. The van der Waals surface area contributed by atoms with Crippen LogP contribution in [0.5, 0.6) is 0 Å². The van der Waals surface area contributed by atoms with Gasteiger partial charge >= 0.3 is 0 Å². The largest absolute Gasteiger partial charge is 0.322 e. The Kier molecular flexibility index (Phi) is 6.24. The van der Waals surface area contributed by atoms with E-state index in [1.807, 2.05) is 73.0 Å². The summed E-state index contributed by atoms with van der Waals surface area (Å²) in [6, 6.07) is 23.9. The van der Waals surface area contributed by atoms with Crippen molar-refractivity contribution >= 4 is 29.0 Å². The average Bonchev–Trinajstić information content (AvgIpc) is 3.50. The fourth-order valence-electron chi connectivity index (χ4n) is 4.04. The molecule has 1 fully saturated rings. The van der Waals surface area contributed by atoms with Crippen LogP contribution in [0.15, 0.2) is 78.2 Å². The van der Waals surface area contributed by atoms with Gasteiger partial charge in [-0.3, -0.25) is 14.9 Å². The molecule has 4 aromatic rings. The first-order valence-electron chi connectivity index (χ1n) is 11.2. The molecule has 2 unspecified atom stereocenters. The first kappa shape index (κ1) is 22.1. The van der Waals surface area contributed by atoms with Gasteiger partial charge in [0, 0.05) is 18.5 Å². The number of amides is 2. The Labute approximate surface area is 201 Å². The molecule has 2 amide bonds. The maximum atomic E-state index is 12.9. The zero-order valence-corrected chi connectivity index (χ0v) is 19.5. The number of nitrogens with zero attached hydrogens (tertiary/aromatic N) is 2. The van der Waals surface area contributed by atoms with Crippen molar-refractivity contribution in [1.82, 2.24) is 20.4 Å². The third kappa shape index (κ3) is 4.93. The van der Waals surface area contributed by atoms with Gasteiger partial charge in [0.1, 0.15) is 11.5 Å². The summed E-state index contributed by atoms with van der Waals surface area (Å²) < 4.78 is 1.64. The van der Waals surface area contributed by atoms with Gasteiger partial charge in [0.15, 0.2) is 6.29 Å². The number of hydrogen-bond acceptors (Lipinski definition) is 5. The van der Waals surface area contributed by atoms with E-state index in [9.17, 15) is 9.59 Å². The Morgan fingerprint density at radius 3 is 2.56 bits per heavy atom. The number of aromatic nitrogens is 2. The minimum Gasteiger partial charge on any atom is -0.322 e. The van der Waals surface area contributed by atoms with E-state index >= 15 is 0 Å². The third-order valence-electron chi connectivity index (χ3n) is 5.68. The van der Waals surface area contributed by atoms with E-state index in [-0.39, 0.29) is 24.3 Å². The first-order valence-corrected chi connectivity index (χ1v) is 12.1. The molecule has 0 saturated carbocycles. The summed E-state index contributed by atoms with van der Waals surface area (Å²) in [5.74, 6) is 0.322. The molecule has 1 aliphatic rings. The third-order valence-corrected chi connectivity index (χ3v) is 6.57. The van der Waals surface area contributed by atoms with Gasteiger partial charge in [-0.15, -0.1) is 11.3 Å². The Morgan fingerprint density at radius 1 is 1.09 bits per heavy atom. The summed E-state index contributed by atoms with van der Waals surface area (Å²) >= 11 is 1.57. The van der Waals surface area contributed by atoms with Crippen LogP contribution in [0.3, 0.4) is 0 Å². The second kappa shape index (κ2) is 9.62. The molecule has 7 nitrogen and oxygen atoms in total. The number of hydrogen-bond donors (Lipinski definition) is 3. The van der Waals surface area contributed by atoms with Crippen LogP contribution in [0, 0.1) is 0 Å². The van der Waals surface area contributed by atoms with Crippen molar-refractivity contribution in [2.45, 2.75) is 32.1 Å². The highest BCUT2D eigenvalue weighted by atomic mass is 32.1. The van der Waals surface area contributed by atoms with Gasteiger partial charge < -0.3 is 10.6 Å². The van der Waals surface area contributed by atoms with Gasteiger partial charge in [-0.25, -0.2) is 4.68 Å². The van der Waals surface area contributed by atoms with E-state index in [4.69, 9.17) is 0 Å². The highest BCUT2D eigenvalue weighted by molar-refractivity contribution is 7.13. The molecule has 0 spiro atoms. The Bertz CT molecular complexity index is 1280. The zero-order chi connectivity index (χ0) is 23.5. The monoisotopic (exact) mass is 471 g/mol. The van der Waals surface area contributed by atoms with Crippen LogP contribution in [0.2, 0.25) is 0 Å². The van der Waals surface area contributed by atoms with Crippen molar-refractivity contribution in [2.24, 2.45) is 0 Å². The highest BCUT2D eigenvalue weighted by Crippen LogP contribution is 2.28. The lowest BCUT2D eigenvalue weighted by Gasteiger charge is -2.30. The van der Waals surface area contributed by atoms with Gasteiger partial charge in [0.25, 0.3) is 0 Å². The molecular formula is C26H25N5O2S. The fourth-order valence-corrected chi connectivity index (χ4v) is 4.72. The molecule has 0 radical (unpaired) electrons. The van der Waals surface area contributed by atoms with Crippen LogP contribution in [0.1, 0.15) is 25.2 Å². The molecule has 1 saturated heterocycles. The van der Waals surface area contributed by atoms with Crippen LogP contribution < -0.4 is 16.0 Å². The topological polar surface area (TPSA) is 88.1 Å². The Balaban J connectivity index is 1.34. The molecule has 3 heterocycles. The van der Waals surface area contributed by atoms with Gasteiger partial charge in [0.2, 0.25) is 11.8 Å². The number of thiophene rings is 1. The smallest absolute Gasteiger partial charge is 0.229 e. The van der Waals surface area contributed by atoms with Crippen molar-refractivity contribution < 1.29 is 9.59 Å². The molecule has 0 aliphatic carbocycles. The van der Waals surface area contributed by atoms with Crippen molar-refractivity contribution in [3.8, 4) is 21.7 Å². The molecule has 5 rings (SSSR count). The van der Waals surface area contributed by atoms with E-state index < -0.39 is 6.29 Å². The van der Waals surface area contributed by atoms with Gasteiger partial charge in [-0.05, 0) is 35.1 Å². The van der Waals surface area contributed by atoms with Crippen LogP contribution in [-0.2, 0) is 16.0 Å². The van der Waals surface area contributed by atoms with E-state index in [0.29, 0.717) is 12.2 Å². The van der Waals surface area contributed by atoms with Crippen molar-refractivity contribution in [3.05, 3.63) is 83.7 Å². The number of nitrogens with one attached hydrogen (secondary N) is 3. The molecule has 34 heavy (non-hydrogen) atoms. The lowest BCUT2D eigenvalue weighted by atomic mass is 10.0. The van der Waals surface area contributed by atoms with Gasteiger partial charge in [-0.1, -0.05) is 60.7 Å². The summed E-state index contributed by atoms with van der Waals surface area (Å²) in [7, 11) is 0. The van der Waals surface area contributed by atoms with Crippen LogP contribution in [-0.4, -0.2) is 27.6 Å². The van der Waals surface area contributed by atoms with E-state index in [0.717, 1.165) is 27.3 Å². The van der Waals surface area contributed by atoms with Crippen molar-refractivity contribution in [3.63, 3.8) is 0 Å². The van der Waals surface area contributed by atoms with E-state index in [2.05, 4.69) is 33.2 Å². The second-order valence-corrected chi connectivity index (χ2v) is 9.31. The Morgan fingerprint density at radius 2 is 1.85 bits per heavy atom. The SMILES string of the molecule is CC1CC(=O)NC(n2nc(-c3cccs3)cc2NC(=O)Cc2ccc(-c3ccccc3)cc2)N1. The summed E-state index contributed by atoms with van der Waals surface area (Å²) in [5.41, 5.74) is 3.91. The fraction of sp³-hybridized carbons (Fsp3) is 0.192. The molecule has 3 N–H and O–H groups in total. The summed E-state index contributed by atoms with van der Waals surface area (Å²) in [6.45, 7) is 1.95. The maximum Gasteiger partial charge on any atom is 0.229 e. The maximum absolute atomic E-state index is 12.9. The molecule has 1 aliphatic heterocycles. The zero-order valence-electron chi connectivity index (χ0n) is 18.7. The second-order valence-electron chi connectivity index (χ2n) is 8.37. The van der Waals surface area contributed by atoms with E-state index in [1.54, 1.807) is 16.0 Å². The minimum absolute atomic E-state index is 0.000168. The number of rotatable bonds is 6. The van der Waals surface area contributed by atoms with Crippen molar-refractivity contribution in [2.75, 3.05) is 5.32 Å². The van der Waals surface area contributed by atoms with Crippen molar-refractivity contribution in [1.29, 1.82) is 0 Å². The normalized spacial score (nSPS) is 17.9. The molecule has 2 atom stereocenters. The highest BCUT2D eigenvalue weighted by Gasteiger charge is 2.27. The number of carbonyl (C=O) groups is 2. The molecule has 0 bridgehead atoms. The predicted octanol–water partition coefficient (Wildman–Crippen LogP) is 4.41. The molecular weight excluding hydrogens is 446 g/mol. The number of benzene rings is 2. The Hall–Kier alpha value is -3.75. The minimum atomic E-state index is -0.537. The van der Waals surface area contributed by atoms with Crippen LogP contribution >= 0.6 is 11.3 Å². The van der Waals surface area contributed by atoms with Crippen LogP contribution in [0.25, 0.3) is 21.7 Å². The van der Waals surface area contributed by atoms with Crippen LogP contribution in [0.4, 0.5) is 5.82 Å². The average molecular weight is 472 g/mol. The molecule has 172 valence electrons. The summed E-state index contributed by atoms with van der Waals surface area (Å²) in [5, 5.41) is 15.9. The summed E-state index contributed by atoms with van der Waals surface area (Å²) in [4.78, 5) is 26.0. The summed E-state index contributed by atoms with van der Waals surface area (Å²) in [6.07, 6.45) is 0.0940. The first-order chi connectivity index (χ1) is 16.5. The molecule has 2 aromatic carbocycles. The van der Waals surface area contributed by atoms with Gasteiger partial charge in [-0.2, -0.15) is 5.10 Å². The van der Waals surface area contributed by atoms with E-state index in [1.165, 1.54) is 0 Å². The lowest BCUT2D eigenvalue weighted by Crippen LogP contribution is -2.52. The number of anilines is 1. The predicted molar refractivity (Wildman–Crippen MR) is 134 cm³/mol. The molecule has 2 aromatic heterocycles. The standard InChI is InChI=1S/C26H25N5O2S/c1-17-14-24(32)29-26(27-17)31-23(16-21(30-31)22-8-5-13-34-22)28-25(33)15-18-9-11-20(12-10-18)19-6-3-2-4-7-19/h2-13,16-17,26-27H,14-15H2,1H3,(H,28,33)(H,29,32). The number of carbonyl (C=O) groups excluding carboxylic acids is 2. The van der Waals surface area contributed by atoms with Gasteiger partial charge in [0.05, 0.1) is 11.3 Å². The quantitative estimate of drug-likeness (QED) is 0.389. The molecule has 8 heteroatoms.